The fourth-order valence-corrected chi connectivity index (χ4v) is 1.34. The Morgan fingerprint density at radius 2 is 1.79 bits per heavy atom. The molecule has 0 aliphatic heterocycles. The van der Waals surface area contributed by atoms with Gasteiger partial charge in [-0.05, 0) is 20.8 Å². The molecule has 1 aromatic rings. The molecule has 3 heteroatoms. The average molecular weight is 210 g/mol. The van der Waals surface area contributed by atoms with E-state index in [9.17, 15) is 4.79 Å². The summed E-state index contributed by atoms with van der Waals surface area (Å²) in [5, 5.41) is -0.0551. The molecular weight excluding hydrogens is 196 g/mol. The Bertz CT molecular complexity index is 301. The van der Waals surface area contributed by atoms with E-state index in [-0.39, 0.29) is 10.7 Å². The van der Waals surface area contributed by atoms with E-state index in [1.165, 1.54) is 0 Å². The molecule has 0 radical (unpaired) electrons. The van der Waals surface area contributed by atoms with E-state index in [4.69, 9.17) is 4.18 Å². The van der Waals surface area contributed by atoms with E-state index in [0.717, 1.165) is 12.0 Å². The zero-order valence-electron chi connectivity index (χ0n) is 8.61. The Kier molecular flexibility index (Phi) is 3.72. The molecule has 0 aromatic heterocycles. The van der Waals surface area contributed by atoms with Gasteiger partial charge in [-0.15, -0.1) is 0 Å². The van der Waals surface area contributed by atoms with Crippen LogP contribution in [0.2, 0.25) is 0 Å². The van der Waals surface area contributed by atoms with Gasteiger partial charge in [0.05, 0.1) is 17.6 Å². The quantitative estimate of drug-likeness (QED) is 0.701. The lowest BCUT2D eigenvalue weighted by Gasteiger charge is -2.16. The highest BCUT2D eigenvalue weighted by Gasteiger charge is 2.15. The third-order valence-electron chi connectivity index (χ3n) is 1.38. The first-order valence-electron chi connectivity index (χ1n) is 4.44. The summed E-state index contributed by atoms with van der Waals surface area (Å²) in [5.41, 5.74) is 0.372. The lowest BCUT2D eigenvalue weighted by atomic mass is 10.2. The summed E-state index contributed by atoms with van der Waals surface area (Å²) in [6.07, 6.45) is 0. The van der Waals surface area contributed by atoms with Crippen LogP contribution < -0.4 is 0 Å². The normalized spacial score (nSPS) is 11.4. The average Bonchev–Trinajstić information content (AvgIpc) is 2.14. The van der Waals surface area contributed by atoms with Gasteiger partial charge >= 0.3 is 0 Å². The van der Waals surface area contributed by atoms with Crippen LogP contribution in [0.15, 0.2) is 30.3 Å². The summed E-state index contributed by atoms with van der Waals surface area (Å²) >= 11 is 0.898. The van der Waals surface area contributed by atoms with E-state index < -0.39 is 0 Å². The van der Waals surface area contributed by atoms with E-state index >= 15 is 0 Å². The Morgan fingerprint density at radius 3 is 2.29 bits per heavy atom. The molecule has 0 spiro atoms. The van der Waals surface area contributed by atoms with E-state index in [2.05, 4.69) is 0 Å². The second-order valence-corrected chi connectivity index (χ2v) is 4.64. The molecule has 0 fully saturated rings. The number of hydrogen-bond acceptors (Lipinski definition) is 3. The van der Waals surface area contributed by atoms with E-state index in [1.54, 1.807) is 12.1 Å². The third-order valence-corrected chi connectivity index (χ3v) is 2.35. The van der Waals surface area contributed by atoms with Crippen molar-refractivity contribution in [3.63, 3.8) is 0 Å². The Hall–Kier alpha value is -0.800. The number of benzene rings is 1. The van der Waals surface area contributed by atoms with Gasteiger partial charge in [0, 0.05) is 5.56 Å². The van der Waals surface area contributed by atoms with E-state index in [0.29, 0.717) is 5.56 Å². The first-order chi connectivity index (χ1) is 6.49. The monoisotopic (exact) mass is 210 g/mol. The maximum atomic E-state index is 11.5. The van der Waals surface area contributed by atoms with Crippen LogP contribution in [0.5, 0.6) is 0 Å². The molecule has 0 aliphatic carbocycles. The van der Waals surface area contributed by atoms with Crippen molar-refractivity contribution in [3.05, 3.63) is 35.9 Å². The van der Waals surface area contributed by atoms with Crippen molar-refractivity contribution in [1.29, 1.82) is 0 Å². The highest BCUT2D eigenvalue weighted by atomic mass is 32.2. The highest BCUT2D eigenvalue weighted by molar-refractivity contribution is 8.10. The van der Waals surface area contributed by atoms with Crippen LogP contribution in [0.4, 0.5) is 0 Å². The lowest BCUT2D eigenvalue weighted by Crippen LogP contribution is -2.16. The van der Waals surface area contributed by atoms with Gasteiger partial charge in [0.2, 0.25) is 5.12 Å². The van der Waals surface area contributed by atoms with Crippen molar-refractivity contribution in [2.75, 3.05) is 0 Å². The van der Waals surface area contributed by atoms with Gasteiger partial charge in [-0.2, -0.15) is 0 Å². The Balaban J connectivity index is 2.52. The summed E-state index contributed by atoms with van der Waals surface area (Å²) < 4.78 is 5.31. The van der Waals surface area contributed by atoms with Crippen LogP contribution in [-0.2, 0) is 4.18 Å². The predicted molar refractivity (Wildman–Crippen MR) is 59.2 cm³/mol. The maximum Gasteiger partial charge on any atom is 0.246 e. The van der Waals surface area contributed by atoms with Crippen molar-refractivity contribution in [2.45, 2.75) is 26.4 Å². The van der Waals surface area contributed by atoms with Crippen LogP contribution >= 0.6 is 12.0 Å². The summed E-state index contributed by atoms with van der Waals surface area (Å²) in [5.74, 6) is 0. The summed E-state index contributed by atoms with van der Waals surface area (Å²) in [6.45, 7) is 5.74. The molecule has 14 heavy (non-hydrogen) atoms. The number of carbonyl (C=O) groups is 1. The zero-order valence-corrected chi connectivity index (χ0v) is 9.43. The van der Waals surface area contributed by atoms with Crippen LogP contribution in [0.25, 0.3) is 0 Å². The molecule has 0 heterocycles. The van der Waals surface area contributed by atoms with Gasteiger partial charge in [-0.25, -0.2) is 0 Å². The lowest BCUT2D eigenvalue weighted by molar-refractivity contribution is 0.105. The molecule has 0 amide bonds. The number of carbonyl (C=O) groups excluding carboxylic acids is 1. The SMILES string of the molecule is CC(C)(C)OSC(=O)c1ccccc1. The fraction of sp³-hybridized carbons (Fsp3) is 0.364. The minimum absolute atomic E-state index is 0.0551. The third kappa shape index (κ3) is 3.94. The number of hydrogen-bond donors (Lipinski definition) is 0. The van der Waals surface area contributed by atoms with Crippen molar-refractivity contribution in [2.24, 2.45) is 0 Å². The number of rotatable bonds is 2. The largest absolute Gasteiger partial charge is 0.302 e. The predicted octanol–water partition coefficient (Wildman–Crippen LogP) is 3.29. The molecule has 0 saturated heterocycles. The summed E-state index contributed by atoms with van der Waals surface area (Å²) in [6, 6.07) is 9.12. The molecule has 76 valence electrons. The van der Waals surface area contributed by atoms with Crippen LogP contribution in [0.3, 0.4) is 0 Å². The van der Waals surface area contributed by atoms with Crippen LogP contribution in [-0.4, -0.2) is 10.7 Å². The Morgan fingerprint density at radius 1 is 1.21 bits per heavy atom. The smallest absolute Gasteiger partial charge is 0.246 e. The van der Waals surface area contributed by atoms with Gasteiger partial charge in [0.1, 0.15) is 0 Å². The molecule has 2 nitrogen and oxygen atoms in total. The van der Waals surface area contributed by atoms with E-state index in [1.807, 2.05) is 39.0 Å². The van der Waals surface area contributed by atoms with Gasteiger partial charge < -0.3 is 4.18 Å². The van der Waals surface area contributed by atoms with Crippen molar-refractivity contribution < 1.29 is 8.98 Å². The molecule has 0 saturated carbocycles. The summed E-state index contributed by atoms with van der Waals surface area (Å²) in [7, 11) is 0. The first-order valence-corrected chi connectivity index (χ1v) is 5.18. The molecule has 0 aliphatic rings. The molecular formula is C11H14O2S. The molecule has 1 rings (SSSR count). The van der Waals surface area contributed by atoms with Crippen molar-refractivity contribution in [3.8, 4) is 0 Å². The minimum atomic E-state index is -0.297. The van der Waals surface area contributed by atoms with Crippen LogP contribution in [0.1, 0.15) is 31.1 Å². The van der Waals surface area contributed by atoms with Gasteiger partial charge in [-0.3, -0.25) is 4.79 Å². The summed E-state index contributed by atoms with van der Waals surface area (Å²) in [4.78, 5) is 11.5. The zero-order chi connectivity index (χ0) is 10.6. The Labute approximate surface area is 88.9 Å². The standard InChI is InChI=1S/C11H14O2S/c1-11(2,3)13-14-10(12)9-7-5-4-6-8-9/h4-8H,1-3H3. The molecule has 1 aromatic carbocycles. The molecule has 0 N–H and O–H groups in total. The topological polar surface area (TPSA) is 26.3 Å². The molecule has 0 bridgehead atoms. The van der Waals surface area contributed by atoms with Crippen LogP contribution in [0, 0.1) is 0 Å². The second kappa shape index (κ2) is 4.62. The van der Waals surface area contributed by atoms with Gasteiger partial charge in [0.25, 0.3) is 0 Å². The minimum Gasteiger partial charge on any atom is -0.302 e. The van der Waals surface area contributed by atoms with Gasteiger partial charge in [0.15, 0.2) is 0 Å². The maximum absolute atomic E-state index is 11.5. The first kappa shape index (κ1) is 11.3. The fourth-order valence-electron chi connectivity index (χ4n) is 0.785. The van der Waals surface area contributed by atoms with Gasteiger partial charge in [-0.1, -0.05) is 30.3 Å². The second-order valence-electron chi connectivity index (χ2n) is 3.93. The molecule has 0 unspecified atom stereocenters. The van der Waals surface area contributed by atoms with Crippen molar-refractivity contribution >= 4 is 17.2 Å². The van der Waals surface area contributed by atoms with Crippen molar-refractivity contribution in [1.82, 2.24) is 0 Å². The molecule has 0 atom stereocenters. The highest BCUT2D eigenvalue weighted by Crippen LogP contribution is 2.20.